The van der Waals surface area contributed by atoms with E-state index >= 15 is 0 Å². The Morgan fingerprint density at radius 3 is 2.95 bits per heavy atom. The SMILES string of the molecule is C=CCOc1ccccc1CNc1cnccc1C. The van der Waals surface area contributed by atoms with Crippen molar-refractivity contribution in [2.24, 2.45) is 0 Å². The number of benzene rings is 1. The lowest BCUT2D eigenvalue weighted by atomic mass is 10.2. The van der Waals surface area contributed by atoms with Crippen LogP contribution >= 0.6 is 0 Å². The fraction of sp³-hybridized carbons (Fsp3) is 0.188. The molecule has 0 atom stereocenters. The summed E-state index contributed by atoms with van der Waals surface area (Å²) in [5.74, 6) is 0.886. The zero-order valence-electron chi connectivity index (χ0n) is 11.1. The standard InChI is InChI=1S/C16H18N2O/c1-3-10-19-16-7-5-4-6-14(16)11-18-15-12-17-9-8-13(15)2/h3-9,12,18H,1,10-11H2,2H3. The van der Waals surface area contributed by atoms with Crippen molar-refractivity contribution in [2.75, 3.05) is 11.9 Å². The van der Waals surface area contributed by atoms with Crippen LogP contribution in [0.15, 0.2) is 55.4 Å². The molecule has 1 aromatic carbocycles. The second kappa shape index (κ2) is 6.59. The molecule has 0 unspecified atom stereocenters. The molecule has 0 amide bonds. The average molecular weight is 254 g/mol. The van der Waals surface area contributed by atoms with E-state index in [0.717, 1.165) is 17.0 Å². The minimum Gasteiger partial charge on any atom is -0.489 e. The lowest BCUT2D eigenvalue weighted by Crippen LogP contribution is -2.04. The summed E-state index contributed by atoms with van der Waals surface area (Å²) in [6.07, 6.45) is 5.37. The molecule has 2 rings (SSSR count). The Hall–Kier alpha value is -2.29. The van der Waals surface area contributed by atoms with Crippen molar-refractivity contribution >= 4 is 5.69 Å². The molecule has 3 nitrogen and oxygen atoms in total. The van der Waals surface area contributed by atoms with Gasteiger partial charge in [0.25, 0.3) is 0 Å². The molecule has 0 aliphatic heterocycles. The van der Waals surface area contributed by atoms with Gasteiger partial charge in [0.1, 0.15) is 12.4 Å². The second-order valence-electron chi connectivity index (χ2n) is 4.25. The fourth-order valence-corrected chi connectivity index (χ4v) is 1.78. The highest BCUT2D eigenvalue weighted by Crippen LogP contribution is 2.20. The molecule has 0 aliphatic rings. The van der Waals surface area contributed by atoms with Crippen LogP contribution in [0.4, 0.5) is 5.69 Å². The lowest BCUT2D eigenvalue weighted by molar-refractivity contribution is 0.359. The first-order valence-electron chi connectivity index (χ1n) is 6.27. The summed E-state index contributed by atoms with van der Waals surface area (Å²) >= 11 is 0. The predicted molar refractivity (Wildman–Crippen MR) is 78.4 cm³/mol. The average Bonchev–Trinajstić information content (AvgIpc) is 2.45. The van der Waals surface area contributed by atoms with E-state index in [-0.39, 0.29) is 0 Å². The lowest BCUT2D eigenvalue weighted by Gasteiger charge is -2.12. The zero-order chi connectivity index (χ0) is 13.5. The van der Waals surface area contributed by atoms with Crippen LogP contribution in [0.2, 0.25) is 0 Å². The van der Waals surface area contributed by atoms with Crippen molar-refractivity contribution < 1.29 is 4.74 Å². The van der Waals surface area contributed by atoms with Crippen molar-refractivity contribution in [3.05, 3.63) is 66.5 Å². The van der Waals surface area contributed by atoms with E-state index in [9.17, 15) is 0 Å². The number of aryl methyl sites for hydroxylation is 1. The van der Waals surface area contributed by atoms with Crippen molar-refractivity contribution in [2.45, 2.75) is 13.5 Å². The first-order chi connectivity index (χ1) is 9.31. The number of hydrogen-bond donors (Lipinski definition) is 1. The van der Waals surface area contributed by atoms with E-state index in [1.165, 1.54) is 5.56 Å². The van der Waals surface area contributed by atoms with Crippen molar-refractivity contribution in [1.29, 1.82) is 0 Å². The molecule has 0 saturated carbocycles. The molecule has 3 heteroatoms. The quantitative estimate of drug-likeness (QED) is 0.800. The molecule has 0 spiro atoms. The van der Waals surface area contributed by atoms with Crippen LogP contribution in [0.5, 0.6) is 5.75 Å². The Kier molecular flexibility index (Phi) is 4.56. The second-order valence-corrected chi connectivity index (χ2v) is 4.25. The highest BCUT2D eigenvalue weighted by molar-refractivity contribution is 5.49. The molecule has 0 aliphatic carbocycles. The number of nitrogens with one attached hydrogen (secondary N) is 1. The Morgan fingerprint density at radius 2 is 2.16 bits per heavy atom. The summed E-state index contributed by atoms with van der Waals surface area (Å²) in [6, 6.07) is 9.99. The van der Waals surface area contributed by atoms with Gasteiger partial charge in [-0.25, -0.2) is 0 Å². The predicted octanol–water partition coefficient (Wildman–Crippen LogP) is 3.57. The van der Waals surface area contributed by atoms with E-state index < -0.39 is 0 Å². The maximum Gasteiger partial charge on any atom is 0.124 e. The molecule has 19 heavy (non-hydrogen) atoms. The maximum absolute atomic E-state index is 5.63. The van der Waals surface area contributed by atoms with Gasteiger partial charge in [0, 0.05) is 18.3 Å². The summed E-state index contributed by atoms with van der Waals surface area (Å²) in [6.45, 7) is 6.95. The number of rotatable bonds is 6. The topological polar surface area (TPSA) is 34.1 Å². The molecular weight excluding hydrogens is 236 g/mol. The molecule has 0 saturated heterocycles. The van der Waals surface area contributed by atoms with Crippen LogP contribution in [0.1, 0.15) is 11.1 Å². The molecule has 1 heterocycles. The smallest absolute Gasteiger partial charge is 0.124 e. The van der Waals surface area contributed by atoms with Gasteiger partial charge < -0.3 is 10.1 Å². The summed E-state index contributed by atoms with van der Waals surface area (Å²) < 4.78 is 5.63. The molecular formula is C16H18N2O. The third kappa shape index (κ3) is 3.58. The Bertz CT molecular complexity index is 552. The first-order valence-corrected chi connectivity index (χ1v) is 6.27. The Morgan fingerprint density at radius 1 is 1.32 bits per heavy atom. The van der Waals surface area contributed by atoms with Gasteiger partial charge in [-0.05, 0) is 24.6 Å². The van der Waals surface area contributed by atoms with E-state index in [0.29, 0.717) is 13.2 Å². The molecule has 98 valence electrons. The fourth-order valence-electron chi connectivity index (χ4n) is 1.78. The van der Waals surface area contributed by atoms with Crippen LogP contribution in [0.25, 0.3) is 0 Å². The molecule has 0 bridgehead atoms. The number of anilines is 1. The van der Waals surface area contributed by atoms with Crippen molar-refractivity contribution in [3.8, 4) is 5.75 Å². The van der Waals surface area contributed by atoms with Gasteiger partial charge in [-0.3, -0.25) is 4.98 Å². The minimum atomic E-state index is 0.517. The Labute approximate surface area is 114 Å². The van der Waals surface area contributed by atoms with Gasteiger partial charge in [0.15, 0.2) is 0 Å². The van der Waals surface area contributed by atoms with Crippen LogP contribution < -0.4 is 10.1 Å². The van der Waals surface area contributed by atoms with Crippen molar-refractivity contribution in [1.82, 2.24) is 4.98 Å². The van der Waals surface area contributed by atoms with Crippen LogP contribution in [0, 0.1) is 6.92 Å². The number of ether oxygens (including phenoxy) is 1. The first kappa shape index (κ1) is 13.1. The Balaban J connectivity index is 2.07. The maximum atomic E-state index is 5.63. The van der Waals surface area contributed by atoms with Gasteiger partial charge in [-0.15, -0.1) is 0 Å². The van der Waals surface area contributed by atoms with Gasteiger partial charge >= 0.3 is 0 Å². The van der Waals surface area contributed by atoms with E-state index in [4.69, 9.17) is 4.74 Å². The molecule has 1 aromatic heterocycles. The van der Waals surface area contributed by atoms with Crippen LogP contribution in [0.3, 0.4) is 0 Å². The summed E-state index contributed by atoms with van der Waals surface area (Å²) in [4.78, 5) is 4.12. The van der Waals surface area contributed by atoms with Gasteiger partial charge in [-0.2, -0.15) is 0 Å². The largest absolute Gasteiger partial charge is 0.489 e. The number of hydrogen-bond acceptors (Lipinski definition) is 3. The number of pyridine rings is 1. The van der Waals surface area contributed by atoms with Gasteiger partial charge in [-0.1, -0.05) is 30.9 Å². The highest BCUT2D eigenvalue weighted by Gasteiger charge is 2.03. The van der Waals surface area contributed by atoms with E-state index in [1.807, 2.05) is 30.5 Å². The molecule has 0 fully saturated rings. The van der Waals surface area contributed by atoms with E-state index in [2.05, 4.69) is 29.9 Å². The molecule has 0 radical (unpaired) electrons. The number of nitrogens with zero attached hydrogens (tertiary/aromatic N) is 1. The third-order valence-corrected chi connectivity index (χ3v) is 2.84. The van der Waals surface area contributed by atoms with Crippen molar-refractivity contribution in [3.63, 3.8) is 0 Å². The number of para-hydroxylation sites is 1. The minimum absolute atomic E-state index is 0.517. The van der Waals surface area contributed by atoms with Gasteiger partial charge in [0.2, 0.25) is 0 Å². The zero-order valence-corrected chi connectivity index (χ0v) is 11.1. The van der Waals surface area contributed by atoms with Crippen LogP contribution in [-0.2, 0) is 6.54 Å². The summed E-state index contributed by atoms with van der Waals surface area (Å²) in [5.41, 5.74) is 3.34. The monoisotopic (exact) mass is 254 g/mol. The van der Waals surface area contributed by atoms with Gasteiger partial charge in [0.05, 0.1) is 11.9 Å². The molecule has 1 N–H and O–H groups in total. The van der Waals surface area contributed by atoms with Crippen LogP contribution in [-0.4, -0.2) is 11.6 Å². The highest BCUT2D eigenvalue weighted by atomic mass is 16.5. The summed E-state index contributed by atoms with van der Waals surface area (Å²) in [5, 5.41) is 3.38. The number of aromatic nitrogens is 1. The van der Waals surface area contributed by atoms with E-state index in [1.54, 1.807) is 12.3 Å². The summed E-state index contributed by atoms with van der Waals surface area (Å²) in [7, 11) is 0. The normalized spacial score (nSPS) is 9.95. The third-order valence-electron chi connectivity index (χ3n) is 2.84. The molecule has 2 aromatic rings.